The third-order valence-corrected chi connectivity index (χ3v) is 6.29. The maximum absolute atomic E-state index is 13.1. The molecular weight excluding hydrogens is 352 g/mol. The van der Waals surface area contributed by atoms with E-state index in [9.17, 15) is 9.59 Å². The molecule has 3 N–H and O–H groups in total. The van der Waals surface area contributed by atoms with Crippen molar-refractivity contribution in [3.8, 4) is 0 Å². The van der Waals surface area contributed by atoms with E-state index in [-0.39, 0.29) is 17.9 Å². The van der Waals surface area contributed by atoms with Gasteiger partial charge in [-0.05, 0) is 42.5 Å². The summed E-state index contributed by atoms with van der Waals surface area (Å²) >= 11 is 0. The molecule has 3 aliphatic rings. The Labute approximate surface area is 164 Å². The molecule has 1 saturated heterocycles. The summed E-state index contributed by atoms with van der Waals surface area (Å²) in [6.45, 7) is 1.90. The summed E-state index contributed by atoms with van der Waals surface area (Å²) in [4.78, 5) is 27.7. The first-order chi connectivity index (χ1) is 13.6. The Bertz CT molecular complexity index is 934. The van der Waals surface area contributed by atoms with Crippen LogP contribution in [0.2, 0.25) is 0 Å². The van der Waals surface area contributed by atoms with Crippen LogP contribution in [0, 0.1) is 0 Å². The highest BCUT2D eigenvalue weighted by atomic mass is 16.2. The van der Waals surface area contributed by atoms with Gasteiger partial charge in [0, 0.05) is 19.6 Å². The molecule has 3 aliphatic heterocycles. The Morgan fingerprint density at radius 1 is 0.964 bits per heavy atom. The van der Waals surface area contributed by atoms with E-state index >= 15 is 0 Å². The summed E-state index contributed by atoms with van der Waals surface area (Å²) in [5, 5.41) is 9.85. The molecule has 0 unspecified atom stereocenters. The molecule has 1 atom stereocenters. The standard InChI is InChI=1S/C22H24N4O2/c27-20(19-13-15-5-1-2-6-16(15)14-23-19)26-11-9-22(10-12-26)21(28)24-17-7-3-4-8-18(17)25-22/h1-8,19,23,25H,9-14H2,(H,24,28)/t19-/m1/s1. The number of carbonyl (C=O) groups excluding carboxylic acids is 2. The Morgan fingerprint density at radius 2 is 1.64 bits per heavy atom. The molecule has 1 fully saturated rings. The first-order valence-electron chi connectivity index (χ1n) is 9.92. The third-order valence-electron chi connectivity index (χ3n) is 6.29. The van der Waals surface area contributed by atoms with Crippen molar-refractivity contribution in [2.75, 3.05) is 23.7 Å². The normalized spacial score (nSPS) is 22.6. The predicted molar refractivity (Wildman–Crippen MR) is 108 cm³/mol. The Hall–Kier alpha value is -2.86. The van der Waals surface area contributed by atoms with Crippen LogP contribution in [0.5, 0.6) is 0 Å². The number of hydrogen-bond acceptors (Lipinski definition) is 4. The summed E-state index contributed by atoms with van der Waals surface area (Å²) in [5.74, 6) is 0.143. The molecule has 0 radical (unpaired) electrons. The van der Waals surface area contributed by atoms with Gasteiger partial charge < -0.3 is 20.9 Å². The van der Waals surface area contributed by atoms with Crippen molar-refractivity contribution < 1.29 is 9.59 Å². The van der Waals surface area contributed by atoms with Gasteiger partial charge in [0.25, 0.3) is 0 Å². The Balaban J connectivity index is 1.26. The van der Waals surface area contributed by atoms with Gasteiger partial charge in [-0.2, -0.15) is 0 Å². The van der Waals surface area contributed by atoms with E-state index in [1.807, 2.05) is 41.3 Å². The number of fused-ring (bicyclic) bond motifs is 2. The molecule has 0 aromatic heterocycles. The topological polar surface area (TPSA) is 73.5 Å². The van der Waals surface area contributed by atoms with E-state index in [1.54, 1.807) is 0 Å². The molecule has 5 rings (SSSR count). The highest BCUT2D eigenvalue weighted by Crippen LogP contribution is 2.36. The maximum atomic E-state index is 13.1. The van der Waals surface area contributed by atoms with Crippen LogP contribution >= 0.6 is 0 Å². The van der Waals surface area contributed by atoms with Crippen molar-refractivity contribution in [3.05, 3.63) is 59.7 Å². The lowest BCUT2D eigenvalue weighted by Crippen LogP contribution is -2.60. The van der Waals surface area contributed by atoms with Crippen LogP contribution in [0.15, 0.2) is 48.5 Å². The van der Waals surface area contributed by atoms with Gasteiger partial charge in [-0.1, -0.05) is 36.4 Å². The number of likely N-dealkylation sites (tertiary alicyclic amines) is 1. The smallest absolute Gasteiger partial charge is 0.250 e. The van der Waals surface area contributed by atoms with Crippen molar-refractivity contribution in [1.82, 2.24) is 10.2 Å². The highest BCUT2D eigenvalue weighted by Gasteiger charge is 2.45. The predicted octanol–water partition coefficient (Wildman–Crippen LogP) is 2.13. The minimum atomic E-state index is -0.627. The number of piperidine rings is 1. The maximum Gasteiger partial charge on any atom is 0.250 e. The SMILES string of the molecule is O=C([C@H]1Cc2ccccc2CN1)N1CCC2(CC1)Nc1ccccc1NC2=O. The number of amides is 2. The summed E-state index contributed by atoms with van der Waals surface area (Å²) in [6, 6.07) is 15.9. The number of nitrogens with one attached hydrogen (secondary N) is 3. The second-order valence-electron chi connectivity index (χ2n) is 7.94. The molecule has 1 spiro atoms. The minimum absolute atomic E-state index is 0.00279. The van der Waals surface area contributed by atoms with Crippen LogP contribution in [0.4, 0.5) is 11.4 Å². The lowest BCUT2D eigenvalue weighted by atomic mass is 9.84. The van der Waals surface area contributed by atoms with Gasteiger partial charge in [-0.3, -0.25) is 9.59 Å². The number of rotatable bonds is 1. The van der Waals surface area contributed by atoms with E-state index in [4.69, 9.17) is 0 Å². The zero-order valence-electron chi connectivity index (χ0n) is 15.7. The highest BCUT2D eigenvalue weighted by molar-refractivity contribution is 6.06. The second kappa shape index (κ2) is 6.63. The Kier molecular flexibility index (Phi) is 4.09. The number of hydrogen-bond donors (Lipinski definition) is 3. The van der Waals surface area contributed by atoms with Crippen molar-refractivity contribution >= 4 is 23.2 Å². The number of nitrogens with zero attached hydrogens (tertiary/aromatic N) is 1. The zero-order valence-corrected chi connectivity index (χ0v) is 15.7. The first kappa shape index (κ1) is 17.3. The summed E-state index contributed by atoms with van der Waals surface area (Å²) in [7, 11) is 0. The van der Waals surface area contributed by atoms with Gasteiger partial charge in [0.2, 0.25) is 11.8 Å². The van der Waals surface area contributed by atoms with Gasteiger partial charge >= 0.3 is 0 Å². The number of para-hydroxylation sites is 2. The van der Waals surface area contributed by atoms with Gasteiger partial charge in [0.1, 0.15) is 5.54 Å². The van der Waals surface area contributed by atoms with Crippen LogP contribution < -0.4 is 16.0 Å². The first-order valence-corrected chi connectivity index (χ1v) is 9.92. The fourth-order valence-corrected chi connectivity index (χ4v) is 4.57. The lowest BCUT2D eigenvalue weighted by molar-refractivity contribution is -0.136. The zero-order chi connectivity index (χ0) is 19.1. The lowest BCUT2D eigenvalue weighted by Gasteiger charge is -2.45. The summed E-state index contributed by atoms with van der Waals surface area (Å²) in [6.07, 6.45) is 1.95. The number of carbonyl (C=O) groups is 2. The molecule has 2 aromatic rings. The van der Waals surface area contributed by atoms with Crippen LogP contribution in [-0.4, -0.2) is 41.4 Å². The molecule has 0 bridgehead atoms. The molecule has 144 valence electrons. The molecule has 0 aliphatic carbocycles. The average molecular weight is 376 g/mol. The van der Waals surface area contributed by atoms with E-state index in [0.29, 0.717) is 25.9 Å². The van der Waals surface area contributed by atoms with Crippen LogP contribution in [0.3, 0.4) is 0 Å². The van der Waals surface area contributed by atoms with Crippen molar-refractivity contribution in [2.24, 2.45) is 0 Å². The van der Waals surface area contributed by atoms with Crippen molar-refractivity contribution in [1.29, 1.82) is 0 Å². The summed E-state index contributed by atoms with van der Waals surface area (Å²) in [5.41, 5.74) is 3.66. The molecule has 6 heteroatoms. The monoisotopic (exact) mass is 376 g/mol. The van der Waals surface area contributed by atoms with Crippen LogP contribution in [0.25, 0.3) is 0 Å². The van der Waals surface area contributed by atoms with Gasteiger partial charge in [0.15, 0.2) is 0 Å². The molecule has 6 nitrogen and oxygen atoms in total. The molecule has 2 amide bonds. The fraction of sp³-hybridized carbons (Fsp3) is 0.364. The van der Waals surface area contributed by atoms with Gasteiger partial charge in [-0.25, -0.2) is 0 Å². The van der Waals surface area contributed by atoms with Gasteiger partial charge in [-0.15, -0.1) is 0 Å². The molecule has 0 saturated carbocycles. The molecule has 3 heterocycles. The molecule has 2 aromatic carbocycles. The van der Waals surface area contributed by atoms with E-state index < -0.39 is 5.54 Å². The van der Waals surface area contributed by atoms with Crippen molar-refractivity contribution in [3.63, 3.8) is 0 Å². The second-order valence-corrected chi connectivity index (χ2v) is 7.94. The summed E-state index contributed by atoms with van der Waals surface area (Å²) < 4.78 is 0. The minimum Gasteiger partial charge on any atom is -0.369 e. The Morgan fingerprint density at radius 3 is 2.43 bits per heavy atom. The van der Waals surface area contributed by atoms with Crippen LogP contribution in [0.1, 0.15) is 24.0 Å². The van der Waals surface area contributed by atoms with E-state index in [2.05, 4.69) is 28.1 Å². The fourth-order valence-electron chi connectivity index (χ4n) is 4.57. The largest absolute Gasteiger partial charge is 0.369 e. The molecule has 28 heavy (non-hydrogen) atoms. The average Bonchev–Trinajstić information content (AvgIpc) is 2.74. The third kappa shape index (κ3) is 2.85. The van der Waals surface area contributed by atoms with Crippen molar-refractivity contribution in [2.45, 2.75) is 37.4 Å². The quantitative estimate of drug-likeness (QED) is 0.713. The molecular formula is C22H24N4O2. The van der Waals surface area contributed by atoms with Crippen LogP contribution in [-0.2, 0) is 22.6 Å². The van der Waals surface area contributed by atoms with Gasteiger partial charge in [0.05, 0.1) is 17.4 Å². The van der Waals surface area contributed by atoms with E-state index in [0.717, 1.165) is 24.3 Å². The number of anilines is 2. The number of benzene rings is 2. The van der Waals surface area contributed by atoms with E-state index in [1.165, 1.54) is 11.1 Å².